The van der Waals surface area contributed by atoms with Crippen LogP contribution in [0.25, 0.3) is 0 Å². The van der Waals surface area contributed by atoms with Crippen molar-refractivity contribution in [2.75, 3.05) is 42.1 Å². The molecular weight excluding hydrogens is 486 g/mol. The van der Waals surface area contributed by atoms with E-state index in [9.17, 15) is 10.1 Å². The van der Waals surface area contributed by atoms with E-state index in [4.69, 9.17) is 23.7 Å². The van der Waals surface area contributed by atoms with E-state index < -0.39 is 12.0 Å². The highest BCUT2D eigenvalue weighted by Gasteiger charge is 2.54. The Bertz CT molecular complexity index is 1300. The van der Waals surface area contributed by atoms with Gasteiger partial charge < -0.3 is 23.7 Å². The van der Waals surface area contributed by atoms with Crippen molar-refractivity contribution in [2.45, 2.75) is 43.1 Å². The Morgan fingerprint density at radius 1 is 0.947 bits per heavy atom. The van der Waals surface area contributed by atoms with Crippen LogP contribution in [0.1, 0.15) is 34.3 Å². The molecule has 200 valence electrons. The monoisotopic (exact) mass is 519 g/mol. The number of piperazine rings is 1. The van der Waals surface area contributed by atoms with E-state index in [0.29, 0.717) is 35.8 Å². The van der Waals surface area contributed by atoms with E-state index in [0.717, 1.165) is 28.3 Å². The van der Waals surface area contributed by atoms with E-state index in [1.54, 1.807) is 28.4 Å². The predicted molar refractivity (Wildman–Crippen MR) is 140 cm³/mol. The highest BCUT2D eigenvalue weighted by molar-refractivity contribution is 5.81. The van der Waals surface area contributed by atoms with Crippen LogP contribution in [0.2, 0.25) is 0 Å². The van der Waals surface area contributed by atoms with Crippen molar-refractivity contribution in [3.63, 3.8) is 0 Å². The first-order valence-electron chi connectivity index (χ1n) is 12.6. The smallest absolute Gasteiger partial charge is 0.330 e. The number of nitriles is 1. The maximum atomic E-state index is 12.1. The molecule has 9 heteroatoms. The Labute approximate surface area is 223 Å². The van der Waals surface area contributed by atoms with Crippen LogP contribution < -0.4 is 18.9 Å². The standard InChI is InChI=1S/C29H33N3O6/c1-7-28(33)38-15-23-18-12-26(36-5)24(34-3)10-16(18)9-21-29-19-13-27(37-6)25(35-4)11-17(19)8-20(31(29)2)22(14-30)32(21)23/h7,10-13,20-23,29H,1,8-9,15H2,2-6H3/t20-,21-,22-,23-,29+/m0/s1. The first-order chi connectivity index (χ1) is 18.4. The van der Waals surface area contributed by atoms with E-state index in [1.165, 1.54) is 0 Å². The number of rotatable bonds is 7. The third-order valence-electron chi connectivity index (χ3n) is 8.26. The summed E-state index contributed by atoms with van der Waals surface area (Å²) in [5, 5.41) is 10.5. The van der Waals surface area contributed by atoms with Crippen LogP contribution in [0, 0.1) is 11.3 Å². The van der Waals surface area contributed by atoms with E-state index >= 15 is 0 Å². The zero-order chi connectivity index (χ0) is 27.1. The highest BCUT2D eigenvalue weighted by atomic mass is 16.5. The topological polar surface area (TPSA) is 93.5 Å². The molecule has 0 radical (unpaired) electrons. The lowest BCUT2D eigenvalue weighted by atomic mass is 9.72. The summed E-state index contributed by atoms with van der Waals surface area (Å²) in [6.45, 7) is 3.62. The third-order valence-corrected chi connectivity index (χ3v) is 8.26. The van der Waals surface area contributed by atoms with E-state index in [1.807, 2.05) is 18.2 Å². The van der Waals surface area contributed by atoms with Gasteiger partial charge in [-0.2, -0.15) is 5.26 Å². The molecular formula is C29H33N3O6. The number of likely N-dealkylation sites (N-methyl/N-ethyl adjacent to an activating group) is 1. The Kier molecular flexibility index (Phi) is 6.95. The molecule has 5 rings (SSSR count). The summed E-state index contributed by atoms with van der Waals surface area (Å²) in [6.07, 6.45) is 2.52. The second-order valence-electron chi connectivity index (χ2n) is 9.84. The number of benzene rings is 2. The van der Waals surface area contributed by atoms with Crippen molar-refractivity contribution >= 4 is 5.97 Å². The predicted octanol–water partition coefficient (Wildman–Crippen LogP) is 3.22. The Morgan fingerprint density at radius 2 is 1.47 bits per heavy atom. The zero-order valence-corrected chi connectivity index (χ0v) is 22.4. The van der Waals surface area contributed by atoms with Gasteiger partial charge in [0.1, 0.15) is 12.6 Å². The lowest BCUT2D eigenvalue weighted by Gasteiger charge is -2.59. The fraction of sp³-hybridized carbons (Fsp3) is 0.448. The van der Waals surface area contributed by atoms with Crippen LogP contribution in [-0.2, 0) is 22.4 Å². The third kappa shape index (κ3) is 3.96. The van der Waals surface area contributed by atoms with Gasteiger partial charge in [0.25, 0.3) is 0 Å². The summed E-state index contributed by atoms with van der Waals surface area (Å²) in [6, 6.07) is 9.70. The van der Waals surface area contributed by atoms with Gasteiger partial charge in [-0.05, 0) is 66.4 Å². The van der Waals surface area contributed by atoms with Crippen LogP contribution >= 0.6 is 0 Å². The number of ether oxygens (including phenoxy) is 5. The van der Waals surface area contributed by atoms with Crippen LogP contribution in [0.5, 0.6) is 23.0 Å². The minimum atomic E-state index is -0.501. The fourth-order valence-corrected chi connectivity index (χ4v) is 6.57. The number of carbonyl (C=O) groups is 1. The van der Waals surface area contributed by atoms with Crippen molar-refractivity contribution in [3.05, 3.63) is 59.2 Å². The van der Waals surface area contributed by atoms with Crippen molar-refractivity contribution in [2.24, 2.45) is 0 Å². The molecule has 1 saturated heterocycles. The first-order valence-corrected chi connectivity index (χ1v) is 12.6. The first kappa shape index (κ1) is 25.9. The SMILES string of the molecule is C=CC(=O)OC[C@H]1c2cc(OC)c(OC)cc2C[C@H]2[C@H]3c4cc(OC)c(OC)cc4C[C@@H]([C@H](C#N)N12)N3C. The largest absolute Gasteiger partial charge is 0.493 e. The number of hydrogen-bond donors (Lipinski definition) is 0. The molecule has 5 atom stereocenters. The molecule has 3 aliphatic rings. The normalized spacial score (nSPS) is 25.6. The van der Waals surface area contributed by atoms with Crippen LogP contribution in [0.3, 0.4) is 0 Å². The van der Waals surface area contributed by atoms with Gasteiger partial charge in [0.15, 0.2) is 23.0 Å². The van der Waals surface area contributed by atoms with Crippen molar-refractivity contribution < 1.29 is 28.5 Å². The van der Waals surface area contributed by atoms with Gasteiger partial charge in [-0.1, -0.05) is 6.58 Å². The number of esters is 1. The molecule has 0 saturated carbocycles. The Hall–Kier alpha value is -3.74. The summed E-state index contributed by atoms with van der Waals surface area (Å²) in [5.74, 6) is 2.08. The molecule has 3 heterocycles. The molecule has 0 amide bonds. The lowest BCUT2D eigenvalue weighted by molar-refractivity contribution is -0.143. The summed E-state index contributed by atoms with van der Waals surface area (Å²) in [7, 11) is 8.57. The average molecular weight is 520 g/mol. The van der Waals surface area contributed by atoms with Crippen molar-refractivity contribution in [3.8, 4) is 29.1 Å². The van der Waals surface area contributed by atoms with Crippen LogP contribution in [0.15, 0.2) is 36.9 Å². The summed E-state index contributed by atoms with van der Waals surface area (Å²) in [4.78, 5) is 16.7. The van der Waals surface area contributed by atoms with Gasteiger partial charge in [-0.3, -0.25) is 9.80 Å². The molecule has 2 aromatic rings. The fourth-order valence-electron chi connectivity index (χ4n) is 6.57. The maximum absolute atomic E-state index is 12.1. The summed E-state index contributed by atoms with van der Waals surface area (Å²) >= 11 is 0. The molecule has 0 aromatic heterocycles. The Morgan fingerprint density at radius 3 is 2.03 bits per heavy atom. The van der Waals surface area contributed by atoms with E-state index in [2.05, 4.69) is 35.6 Å². The lowest BCUT2D eigenvalue weighted by Crippen LogP contribution is -2.68. The second-order valence-corrected chi connectivity index (χ2v) is 9.84. The minimum absolute atomic E-state index is 0.0213. The minimum Gasteiger partial charge on any atom is -0.493 e. The van der Waals surface area contributed by atoms with Gasteiger partial charge >= 0.3 is 5.97 Å². The van der Waals surface area contributed by atoms with Gasteiger partial charge in [0.05, 0.1) is 46.6 Å². The number of hydrogen-bond acceptors (Lipinski definition) is 9. The van der Waals surface area contributed by atoms with Crippen molar-refractivity contribution in [1.29, 1.82) is 5.26 Å². The highest BCUT2D eigenvalue weighted by Crippen LogP contribution is 2.52. The number of nitrogens with zero attached hydrogens (tertiary/aromatic N) is 3. The molecule has 3 aliphatic heterocycles. The quantitative estimate of drug-likeness (QED) is 0.404. The number of methoxy groups -OCH3 is 4. The van der Waals surface area contributed by atoms with Gasteiger partial charge in [-0.25, -0.2) is 4.79 Å². The van der Waals surface area contributed by atoms with Gasteiger partial charge in [-0.15, -0.1) is 0 Å². The van der Waals surface area contributed by atoms with Crippen molar-refractivity contribution in [1.82, 2.24) is 9.80 Å². The summed E-state index contributed by atoms with van der Waals surface area (Å²) in [5.41, 5.74) is 4.34. The van der Waals surface area contributed by atoms with Gasteiger partial charge in [0.2, 0.25) is 0 Å². The molecule has 0 aliphatic carbocycles. The molecule has 9 nitrogen and oxygen atoms in total. The van der Waals surface area contributed by atoms with Crippen LogP contribution in [0.4, 0.5) is 0 Å². The molecule has 0 unspecified atom stereocenters. The number of fused-ring (bicyclic) bond motifs is 7. The molecule has 2 aromatic carbocycles. The van der Waals surface area contributed by atoms with E-state index in [-0.39, 0.29) is 30.8 Å². The van der Waals surface area contributed by atoms with Gasteiger partial charge in [0, 0.05) is 18.2 Å². The average Bonchev–Trinajstić information content (AvgIpc) is 2.94. The molecule has 0 N–H and O–H groups in total. The molecule has 1 fully saturated rings. The number of carbonyl (C=O) groups excluding carboxylic acids is 1. The second kappa shape index (κ2) is 10.2. The maximum Gasteiger partial charge on any atom is 0.330 e. The van der Waals surface area contributed by atoms with Crippen LogP contribution in [-0.4, -0.2) is 76.0 Å². The molecule has 2 bridgehead atoms. The Balaban J connectivity index is 1.69. The molecule has 38 heavy (non-hydrogen) atoms. The summed E-state index contributed by atoms with van der Waals surface area (Å²) < 4.78 is 28.1. The zero-order valence-electron chi connectivity index (χ0n) is 22.4. The molecule has 0 spiro atoms.